The first-order valence-corrected chi connectivity index (χ1v) is 10.1. The van der Waals surface area contributed by atoms with E-state index in [0.29, 0.717) is 66.0 Å². The van der Waals surface area contributed by atoms with Crippen LogP contribution in [0, 0.1) is 10.1 Å². The van der Waals surface area contributed by atoms with Crippen molar-refractivity contribution in [3.8, 4) is 11.5 Å². The van der Waals surface area contributed by atoms with Gasteiger partial charge in [-0.2, -0.15) is 0 Å². The number of methoxy groups -OCH3 is 2. The van der Waals surface area contributed by atoms with Gasteiger partial charge in [-0.05, 0) is 36.5 Å². The van der Waals surface area contributed by atoms with E-state index in [1.807, 2.05) is 0 Å². The van der Waals surface area contributed by atoms with Crippen LogP contribution in [0.4, 0.5) is 5.69 Å². The Kier molecular flexibility index (Phi) is 6.99. The molecule has 3 rings (SSSR count). The van der Waals surface area contributed by atoms with E-state index in [1.165, 1.54) is 26.5 Å². The average molecular weight is 454 g/mol. The summed E-state index contributed by atoms with van der Waals surface area (Å²) < 4.78 is 10.7. The first kappa shape index (κ1) is 22.1. The molecule has 160 valence electrons. The maximum atomic E-state index is 12.7. The Hall–Kier alpha value is -2.58. The van der Waals surface area contributed by atoms with Crippen molar-refractivity contribution in [3.05, 3.63) is 55.3 Å². The number of nitrogens with zero attached hydrogens (tertiary/aromatic N) is 3. The minimum atomic E-state index is -0.490. The summed E-state index contributed by atoms with van der Waals surface area (Å²) in [6, 6.07) is 3.03. The number of fused-ring (bicyclic) bond motifs is 1. The van der Waals surface area contributed by atoms with Crippen LogP contribution >= 0.6 is 23.2 Å². The Balaban J connectivity index is 1.64. The number of benzene rings is 1. The maximum absolute atomic E-state index is 12.7. The van der Waals surface area contributed by atoms with Gasteiger partial charge in [0, 0.05) is 31.3 Å². The van der Waals surface area contributed by atoms with Crippen molar-refractivity contribution in [2.45, 2.75) is 32.2 Å². The van der Waals surface area contributed by atoms with Crippen molar-refractivity contribution in [2.75, 3.05) is 20.8 Å². The summed E-state index contributed by atoms with van der Waals surface area (Å²) in [6.07, 6.45) is 3.29. The average Bonchev–Trinajstić information content (AvgIpc) is 2.75. The zero-order valence-corrected chi connectivity index (χ0v) is 18.1. The zero-order valence-electron chi connectivity index (χ0n) is 16.6. The third-order valence-electron chi connectivity index (χ3n) is 5.08. The number of hydrogen-bond donors (Lipinski definition) is 0. The second-order valence-corrected chi connectivity index (χ2v) is 7.59. The van der Waals surface area contributed by atoms with Crippen molar-refractivity contribution in [3.63, 3.8) is 0 Å². The van der Waals surface area contributed by atoms with E-state index in [1.54, 1.807) is 11.0 Å². The van der Waals surface area contributed by atoms with Crippen LogP contribution in [0.1, 0.15) is 29.7 Å². The molecule has 10 heteroatoms. The highest BCUT2D eigenvalue weighted by molar-refractivity contribution is 6.37. The summed E-state index contributed by atoms with van der Waals surface area (Å²) in [5, 5.41) is 11.5. The van der Waals surface area contributed by atoms with E-state index >= 15 is 0 Å². The van der Waals surface area contributed by atoms with Gasteiger partial charge >= 0.3 is 0 Å². The molecule has 0 bridgehead atoms. The summed E-state index contributed by atoms with van der Waals surface area (Å²) in [7, 11) is 3.00. The maximum Gasteiger partial charge on any atom is 0.287 e. The summed E-state index contributed by atoms with van der Waals surface area (Å²) in [4.78, 5) is 28.7. The predicted molar refractivity (Wildman–Crippen MR) is 113 cm³/mol. The number of aryl methyl sites for hydroxylation is 1. The zero-order chi connectivity index (χ0) is 21.8. The predicted octanol–water partition coefficient (Wildman–Crippen LogP) is 4.22. The SMILES string of the molecule is COc1c(Cl)c2c(c(Cl)c1OC)CN(C(=O)CCCc1ccc([N+](=O)[O-])cn1)CC2. The Morgan fingerprint density at radius 1 is 1.20 bits per heavy atom. The second kappa shape index (κ2) is 9.49. The molecule has 1 aromatic carbocycles. The van der Waals surface area contributed by atoms with Crippen molar-refractivity contribution >= 4 is 34.8 Å². The molecule has 1 amide bonds. The summed E-state index contributed by atoms with van der Waals surface area (Å²) in [5.74, 6) is 0.768. The lowest BCUT2D eigenvalue weighted by molar-refractivity contribution is -0.385. The van der Waals surface area contributed by atoms with E-state index in [-0.39, 0.29) is 11.6 Å². The van der Waals surface area contributed by atoms with Crippen LogP contribution in [0.2, 0.25) is 10.0 Å². The highest BCUT2D eigenvalue weighted by Gasteiger charge is 2.29. The van der Waals surface area contributed by atoms with Crippen molar-refractivity contribution in [2.24, 2.45) is 0 Å². The Bertz CT molecular complexity index is 966. The highest BCUT2D eigenvalue weighted by Crippen LogP contribution is 2.47. The third kappa shape index (κ3) is 4.44. The number of rotatable bonds is 7. The van der Waals surface area contributed by atoms with Crippen molar-refractivity contribution in [1.82, 2.24) is 9.88 Å². The van der Waals surface area contributed by atoms with Gasteiger partial charge in [0.05, 0.1) is 29.2 Å². The summed E-state index contributed by atoms with van der Waals surface area (Å²) in [6.45, 7) is 0.885. The van der Waals surface area contributed by atoms with E-state index in [0.717, 1.165) is 11.1 Å². The van der Waals surface area contributed by atoms with Crippen LogP contribution in [-0.4, -0.2) is 41.5 Å². The van der Waals surface area contributed by atoms with Gasteiger partial charge in [0.1, 0.15) is 6.20 Å². The van der Waals surface area contributed by atoms with Crippen molar-refractivity contribution in [1.29, 1.82) is 0 Å². The molecule has 0 saturated carbocycles. The highest BCUT2D eigenvalue weighted by atomic mass is 35.5. The van der Waals surface area contributed by atoms with Crippen LogP contribution in [-0.2, 0) is 24.2 Å². The Morgan fingerprint density at radius 2 is 1.87 bits per heavy atom. The number of aromatic nitrogens is 1. The van der Waals surface area contributed by atoms with E-state index in [9.17, 15) is 14.9 Å². The molecule has 0 atom stereocenters. The molecule has 0 N–H and O–H groups in total. The third-order valence-corrected chi connectivity index (χ3v) is 5.88. The number of ether oxygens (including phenoxy) is 2. The molecular formula is C20H21Cl2N3O5. The molecule has 0 aliphatic carbocycles. The van der Waals surface area contributed by atoms with Crippen LogP contribution in [0.3, 0.4) is 0 Å². The standard InChI is InChI=1S/C20H21Cl2N3O5/c1-29-19-17(21)14-8-9-24(11-15(14)18(22)20(19)30-2)16(26)5-3-4-12-6-7-13(10-23-12)25(27)28/h6-7,10H,3-5,8-9,11H2,1-2H3. The lowest BCUT2D eigenvalue weighted by atomic mass is 9.97. The quantitative estimate of drug-likeness (QED) is 0.459. The first-order chi connectivity index (χ1) is 14.4. The lowest BCUT2D eigenvalue weighted by Gasteiger charge is -2.31. The van der Waals surface area contributed by atoms with E-state index in [4.69, 9.17) is 32.7 Å². The molecule has 0 fully saturated rings. The smallest absolute Gasteiger partial charge is 0.287 e. The fraction of sp³-hybridized carbons (Fsp3) is 0.400. The number of hydrogen-bond acceptors (Lipinski definition) is 6. The van der Waals surface area contributed by atoms with Gasteiger partial charge in [0.25, 0.3) is 5.69 Å². The van der Waals surface area contributed by atoms with Crippen LogP contribution < -0.4 is 9.47 Å². The largest absolute Gasteiger partial charge is 0.491 e. The fourth-order valence-corrected chi connectivity index (χ4v) is 4.22. The number of pyridine rings is 1. The first-order valence-electron chi connectivity index (χ1n) is 9.35. The van der Waals surface area contributed by atoms with Gasteiger partial charge in [-0.25, -0.2) is 0 Å². The molecular weight excluding hydrogens is 433 g/mol. The molecule has 0 spiro atoms. The molecule has 8 nitrogen and oxygen atoms in total. The van der Waals surface area contributed by atoms with Gasteiger partial charge in [-0.3, -0.25) is 19.9 Å². The lowest BCUT2D eigenvalue weighted by Crippen LogP contribution is -2.36. The molecule has 0 radical (unpaired) electrons. The van der Waals surface area contributed by atoms with Crippen molar-refractivity contribution < 1.29 is 19.2 Å². The number of carbonyl (C=O) groups is 1. The Morgan fingerprint density at radius 3 is 2.43 bits per heavy atom. The van der Waals surface area contributed by atoms with Gasteiger partial charge in [0.15, 0.2) is 11.5 Å². The Labute approximate surface area is 183 Å². The molecule has 2 heterocycles. The number of carbonyl (C=O) groups excluding carboxylic acids is 1. The number of halogens is 2. The topological polar surface area (TPSA) is 94.8 Å². The molecule has 1 aliphatic heterocycles. The number of nitro groups is 1. The number of amides is 1. The molecule has 1 aliphatic rings. The normalized spacial score (nSPS) is 13.0. The minimum Gasteiger partial charge on any atom is -0.491 e. The van der Waals surface area contributed by atoms with Gasteiger partial charge in [-0.15, -0.1) is 0 Å². The minimum absolute atomic E-state index is 0.00420. The van der Waals surface area contributed by atoms with Gasteiger partial charge in [-0.1, -0.05) is 23.2 Å². The van der Waals surface area contributed by atoms with E-state index in [2.05, 4.69) is 4.98 Å². The van der Waals surface area contributed by atoms with Crippen LogP contribution in [0.15, 0.2) is 18.3 Å². The molecule has 30 heavy (non-hydrogen) atoms. The molecule has 0 saturated heterocycles. The van der Waals surface area contributed by atoms with E-state index < -0.39 is 4.92 Å². The second-order valence-electron chi connectivity index (χ2n) is 6.84. The summed E-state index contributed by atoms with van der Waals surface area (Å²) >= 11 is 13.0. The molecule has 2 aromatic rings. The van der Waals surface area contributed by atoms with Crippen LogP contribution in [0.5, 0.6) is 11.5 Å². The van der Waals surface area contributed by atoms with Gasteiger partial charge in [0.2, 0.25) is 5.91 Å². The van der Waals surface area contributed by atoms with Gasteiger partial charge < -0.3 is 14.4 Å². The summed E-state index contributed by atoms with van der Waals surface area (Å²) in [5.41, 5.74) is 2.31. The fourth-order valence-electron chi connectivity index (χ4n) is 3.51. The van der Waals surface area contributed by atoms with Crippen LogP contribution in [0.25, 0.3) is 0 Å². The monoisotopic (exact) mass is 453 g/mol. The molecule has 1 aromatic heterocycles. The molecule has 0 unspecified atom stereocenters.